The zero-order valence-corrected chi connectivity index (χ0v) is 11.1. The van der Waals surface area contributed by atoms with Gasteiger partial charge in [0.05, 0.1) is 6.61 Å². The first kappa shape index (κ1) is 14.7. The summed E-state index contributed by atoms with van der Waals surface area (Å²) < 4.78 is 43.8. The summed E-state index contributed by atoms with van der Waals surface area (Å²) in [5.74, 6) is 0.444. The number of alkyl halides is 3. The normalized spacial score (nSPS) is 13.4. The predicted octanol–water partition coefficient (Wildman–Crippen LogP) is 4.19. The molecule has 0 aliphatic rings. The molecule has 0 amide bonds. The van der Waals surface area contributed by atoms with Gasteiger partial charge in [-0.05, 0) is 29.5 Å². The van der Waals surface area contributed by atoms with Crippen molar-refractivity contribution in [1.29, 1.82) is 0 Å². The first-order chi connectivity index (χ1) is 9.43. The predicted molar refractivity (Wildman–Crippen MR) is 72.7 cm³/mol. The Morgan fingerprint density at radius 3 is 2.55 bits per heavy atom. The molecule has 0 aliphatic carbocycles. The van der Waals surface area contributed by atoms with E-state index in [-0.39, 0.29) is 5.56 Å². The molecule has 0 aromatic heterocycles. The van der Waals surface area contributed by atoms with Crippen LogP contribution in [0.4, 0.5) is 13.2 Å². The van der Waals surface area contributed by atoms with Gasteiger partial charge in [0.2, 0.25) is 0 Å². The Kier molecular flexibility index (Phi) is 4.18. The third-order valence-corrected chi connectivity index (χ3v) is 3.02. The van der Waals surface area contributed by atoms with E-state index in [1.807, 2.05) is 19.1 Å². The molecule has 0 spiro atoms. The van der Waals surface area contributed by atoms with Crippen LogP contribution in [0, 0.1) is 0 Å². The maximum atomic E-state index is 12.8. The Labute approximate surface area is 115 Å². The monoisotopic (exact) mass is 283 g/mol. The molecule has 0 aliphatic heterocycles. The van der Waals surface area contributed by atoms with E-state index < -0.39 is 12.2 Å². The van der Waals surface area contributed by atoms with Gasteiger partial charge in [-0.1, -0.05) is 31.2 Å². The molecular formula is C15H16F3NO. The van der Waals surface area contributed by atoms with E-state index in [0.29, 0.717) is 17.7 Å². The summed E-state index contributed by atoms with van der Waals surface area (Å²) in [6.07, 6.45) is -3.69. The highest BCUT2D eigenvalue weighted by Gasteiger charge is 2.38. The lowest BCUT2D eigenvalue weighted by atomic mass is 10.0. The van der Waals surface area contributed by atoms with Gasteiger partial charge < -0.3 is 10.5 Å². The van der Waals surface area contributed by atoms with Crippen LogP contribution < -0.4 is 10.5 Å². The van der Waals surface area contributed by atoms with Gasteiger partial charge in [-0.15, -0.1) is 0 Å². The molecule has 2 aromatic carbocycles. The van der Waals surface area contributed by atoms with Crippen LogP contribution in [0.15, 0.2) is 36.4 Å². The lowest BCUT2D eigenvalue weighted by Crippen LogP contribution is -2.28. The SMILES string of the molecule is CCCOc1cc([C@H](N)C(F)(F)F)cc2ccccc12. The molecule has 0 heterocycles. The van der Waals surface area contributed by atoms with Crippen molar-refractivity contribution in [3.63, 3.8) is 0 Å². The number of nitrogens with two attached hydrogens (primary N) is 1. The van der Waals surface area contributed by atoms with Gasteiger partial charge in [-0.25, -0.2) is 0 Å². The first-order valence-electron chi connectivity index (χ1n) is 6.41. The maximum Gasteiger partial charge on any atom is 0.407 e. The van der Waals surface area contributed by atoms with Crippen molar-refractivity contribution in [3.05, 3.63) is 42.0 Å². The molecule has 0 radical (unpaired) electrons. The molecule has 2 N–H and O–H groups in total. The summed E-state index contributed by atoms with van der Waals surface area (Å²) in [4.78, 5) is 0. The molecule has 5 heteroatoms. The van der Waals surface area contributed by atoms with Crippen molar-refractivity contribution in [2.24, 2.45) is 5.73 Å². The number of halogens is 3. The minimum Gasteiger partial charge on any atom is -0.493 e. The van der Waals surface area contributed by atoms with Crippen LogP contribution in [-0.2, 0) is 0 Å². The fraction of sp³-hybridized carbons (Fsp3) is 0.333. The van der Waals surface area contributed by atoms with Gasteiger partial charge in [0.25, 0.3) is 0 Å². The van der Waals surface area contributed by atoms with Crippen molar-refractivity contribution in [3.8, 4) is 5.75 Å². The van der Waals surface area contributed by atoms with Gasteiger partial charge in [0, 0.05) is 5.39 Å². The third-order valence-electron chi connectivity index (χ3n) is 3.02. The van der Waals surface area contributed by atoms with E-state index in [1.54, 1.807) is 12.1 Å². The molecule has 0 unspecified atom stereocenters. The van der Waals surface area contributed by atoms with E-state index in [2.05, 4.69) is 0 Å². The smallest absolute Gasteiger partial charge is 0.407 e. The van der Waals surface area contributed by atoms with Gasteiger partial charge in [-0.2, -0.15) is 13.2 Å². The van der Waals surface area contributed by atoms with E-state index in [4.69, 9.17) is 10.5 Å². The van der Waals surface area contributed by atoms with Crippen LogP contribution in [0.25, 0.3) is 10.8 Å². The van der Waals surface area contributed by atoms with E-state index in [0.717, 1.165) is 11.8 Å². The number of ether oxygens (including phenoxy) is 1. The molecule has 108 valence electrons. The summed E-state index contributed by atoms with van der Waals surface area (Å²) in [5.41, 5.74) is 5.30. The van der Waals surface area contributed by atoms with Gasteiger partial charge in [0.1, 0.15) is 11.8 Å². The van der Waals surface area contributed by atoms with Crippen LogP contribution in [0.2, 0.25) is 0 Å². The molecule has 0 bridgehead atoms. The van der Waals surface area contributed by atoms with Crippen molar-refractivity contribution >= 4 is 10.8 Å². The van der Waals surface area contributed by atoms with Crippen molar-refractivity contribution in [2.45, 2.75) is 25.6 Å². The minimum atomic E-state index is -4.47. The van der Waals surface area contributed by atoms with E-state index in [9.17, 15) is 13.2 Å². The topological polar surface area (TPSA) is 35.2 Å². The zero-order chi connectivity index (χ0) is 14.8. The highest BCUT2D eigenvalue weighted by atomic mass is 19.4. The number of hydrogen-bond donors (Lipinski definition) is 1. The molecule has 0 saturated carbocycles. The number of benzene rings is 2. The lowest BCUT2D eigenvalue weighted by Gasteiger charge is -2.18. The highest BCUT2D eigenvalue weighted by molar-refractivity contribution is 5.89. The second-order valence-corrected chi connectivity index (χ2v) is 4.61. The second kappa shape index (κ2) is 5.71. The summed E-state index contributed by atoms with van der Waals surface area (Å²) in [7, 11) is 0. The average molecular weight is 283 g/mol. The summed E-state index contributed by atoms with van der Waals surface area (Å²) in [6.45, 7) is 2.39. The summed E-state index contributed by atoms with van der Waals surface area (Å²) in [5, 5.41) is 1.48. The molecule has 0 fully saturated rings. The zero-order valence-electron chi connectivity index (χ0n) is 11.1. The van der Waals surface area contributed by atoms with E-state index >= 15 is 0 Å². The Balaban J connectivity index is 2.52. The van der Waals surface area contributed by atoms with Crippen molar-refractivity contribution in [1.82, 2.24) is 0 Å². The lowest BCUT2D eigenvalue weighted by molar-refractivity contribution is -0.149. The third kappa shape index (κ3) is 3.04. The number of fused-ring (bicyclic) bond motifs is 1. The number of hydrogen-bond acceptors (Lipinski definition) is 2. The largest absolute Gasteiger partial charge is 0.493 e. The summed E-state index contributed by atoms with van der Waals surface area (Å²) >= 11 is 0. The maximum absolute atomic E-state index is 12.8. The van der Waals surface area contributed by atoms with Crippen molar-refractivity contribution in [2.75, 3.05) is 6.61 Å². The molecule has 2 aromatic rings. The molecular weight excluding hydrogens is 267 g/mol. The Hall–Kier alpha value is -1.75. The van der Waals surface area contributed by atoms with Crippen LogP contribution in [0.5, 0.6) is 5.75 Å². The van der Waals surface area contributed by atoms with Crippen LogP contribution in [0.1, 0.15) is 24.9 Å². The molecule has 20 heavy (non-hydrogen) atoms. The molecule has 2 rings (SSSR count). The van der Waals surface area contributed by atoms with E-state index in [1.165, 1.54) is 12.1 Å². The summed E-state index contributed by atoms with van der Waals surface area (Å²) in [6, 6.07) is 8.02. The Morgan fingerprint density at radius 1 is 1.20 bits per heavy atom. The first-order valence-corrected chi connectivity index (χ1v) is 6.41. The molecule has 1 atom stereocenters. The van der Waals surface area contributed by atoms with Crippen LogP contribution >= 0.6 is 0 Å². The van der Waals surface area contributed by atoms with Crippen molar-refractivity contribution < 1.29 is 17.9 Å². The highest BCUT2D eigenvalue weighted by Crippen LogP contribution is 2.35. The number of rotatable bonds is 4. The van der Waals surface area contributed by atoms with Gasteiger partial charge >= 0.3 is 6.18 Å². The fourth-order valence-corrected chi connectivity index (χ4v) is 2.00. The second-order valence-electron chi connectivity index (χ2n) is 4.61. The Bertz CT molecular complexity index is 595. The van der Waals surface area contributed by atoms with Gasteiger partial charge in [0.15, 0.2) is 0 Å². The molecule has 0 saturated heterocycles. The minimum absolute atomic E-state index is 0.0160. The molecule has 2 nitrogen and oxygen atoms in total. The quantitative estimate of drug-likeness (QED) is 0.913. The standard InChI is InChI=1S/C15H16F3NO/c1-2-7-20-13-9-11(14(19)15(16,17)18)8-10-5-3-4-6-12(10)13/h3-6,8-9,14H,2,7,19H2,1H3/t14-/m0/s1. The fourth-order valence-electron chi connectivity index (χ4n) is 2.00. The van der Waals surface area contributed by atoms with Gasteiger partial charge in [-0.3, -0.25) is 0 Å². The Morgan fingerprint density at radius 2 is 1.90 bits per heavy atom. The van der Waals surface area contributed by atoms with Crippen LogP contribution in [0.3, 0.4) is 0 Å². The average Bonchev–Trinajstić information content (AvgIpc) is 2.42. The van der Waals surface area contributed by atoms with Crippen LogP contribution in [-0.4, -0.2) is 12.8 Å².